The van der Waals surface area contributed by atoms with E-state index in [1.807, 2.05) is 0 Å². The molecule has 0 aliphatic rings. The van der Waals surface area contributed by atoms with Gasteiger partial charge in [0.15, 0.2) is 0 Å². The first-order valence-corrected chi connectivity index (χ1v) is 7.00. The topological polar surface area (TPSA) is 49.4 Å². The Morgan fingerprint density at radius 2 is 1.93 bits per heavy atom. The summed E-state index contributed by atoms with van der Waals surface area (Å²) >= 11 is 5.24. The molecule has 0 aliphatic carbocycles. The Labute approximate surface area is 91.7 Å². The van der Waals surface area contributed by atoms with Crippen LogP contribution in [0.15, 0.2) is 0 Å². The van der Waals surface area contributed by atoms with Gasteiger partial charge in [0, 0.05) is 13.1 Å². The number of hydrogen-bond acceptors (Lipinski definition) is 3. The van der Waals surface area contributed by atoms with E-state index in [4.69, 9.17) is 11.6 Å². The number of nitrogens with zero attached hydrogens (tertiary/aromatic N) is 1. The van der Waals surface area contributed by atoms with Crippen molar-refractivity contribution in [1.82, 2.24) is 9.62 Å². The number of rotatable bonds is 8. The van der Waals surface area contributed by atoms with Gasteiger partial charge in [0.2, 0.25) is 10.0 Å². The molecule has 0 aromatic carbocycles. The standard InChI is InChI=1S/C8H19ClN2O2S/c1-3-6-11(4-2)7-5-10-14(12,13)8-9/h10H,3-8H2,1-2H3. The molecule has 0 aromatic heterocycles. The molecule has 4 nitrogen and oxygen atoms in total. The molecule has 0 amide bonds. The van der Waals surface area contributed by atoms with Gasteiger partial charge in [-0.2, -0.15) is 0 Å². The lowest BCUT2D eigenvalue weighted by atomic mass is 10.4. The second-order valence-electron chi connectivity index (χ2n) is 3.05. The van der Waals surface area contributed by atoms with Crippen molar-refractivity contribution >= 4 is 21.6 Å². The minimum Gasteiger partial charge on any atom is -0.302 e. The molecule has 0 unspecified atom stereocenters. The average Bonchev–Trinajstić information content (AvgIpc) is 2.16. The van der Waals surface area contributed by atoms with Crippen LogP contribution in [-0.2, 0) is 10.0 Å². The first-order valence-electron chi connectivity index (χ1n) is 4.81. The molecule has 0 aromatic rings. The van der Waals surface area contributed by atoms with Crippen LogP contribution in [-0.4, -0.2) is 44.7 Å². The summed E-state index contributed by atoms with van der Waals surface area (Å²) in [5.41, 5.74) is 0. The zero-order chi connectivity index (χ0) is 11.0. The van der Waals surface area contributed by atoms with Crippen LogP contribution in [0, 0.1) is 0 Å². The van der Waals surface area contributed by atoms with Crippen LogP contribution in [0.1, 0.15) is 20.3 Å². The van der Waals surface area contributed by atoms with Gasteiger partial charge in [-0.25, -0.2) is 13.1 Å². The first-order chi connectivity index (χ1) is 6.55. The number of halogens is 1. The zero-order valence-corrected chi connectivity index (χ0v) is 10.4. The van der Waals surface area contributed by atoms with Gasteiger partial charge in [-0.1, -0.05) is 13.8 Å². The minimum absolute atomic E-state index is 0.368. The second kappa shape index (κ2) is 7.45. The predicted molar refractivity (Wildman–Crippen MR) is 60.0 cm³/mol. The summed E-state index contributed by atoms with van der Waals surface area (Å²) in [7, 11) is -3.25. The van der Waals surface area contributed by atoms with E-state index in [2.05, 4.69) is 23.5 Å². The molecule has 0 saturated heterocycles. The lowest BCUT2D eigenvalue weighted by molar-refractivity contribution is 0.293. The Morgan fingerprint density at radius 1 is 1.29 bits per heavy atom. The van der Waals surface area contributed by atoms with Crippen molar-refractivity contribution in [2.45, 2.75) is 20.3 Å². The number of likely N-dealkylation sites (N-methyl/N-ethyl adjacent to an activating group) is 1. The third-order valence-corrected chi connectivity index (χ3v) is 3.67. The molecule has 6 heteroatoms. The van der Waals surface area contributed by atoms with E-state index in [9.17, 15) is 8.42 Å². The van der Waals surface area contributed by atoms with Crippen molar-refractivity contribution in [2.75, 3.05) is 31.4 Å². The fraction of sp³-hybridized carbons (Fsp3) is 1.00. The SMILES string of the molecule is CCCN(CC)CCNS(=O)(=O)CCl. The Balaban J connectivity index is 3.71. The number of hydrogen-bond donors (Lipinski definition) is 1. The van der Waals surface area contributed by atoms with Gasteiger partial charge in [-0.3, -0.25) is 0 Å². The Morgan fingerprint density at radius 3 is 2.36 bits per heavy atom. The molecule has 86 valence electrons. The lowest BCUT2D eigenvalue weighted by Gasteiger charge is -2.19. The Hall–Kier alpha value is 0.160. The van der Waals surface area contributed by atoms with E-state index in [1.54, 1.807) is 0 Å². The molecule has 0 aliphatic heterocycles. The van der Waals surface area contributed by atoms with Gasteiger partial charge in [0.25, 0.3) is 0 Å². The van der Waals surface area contributed by atoms with Crippen LogP contribution in [0.4, 0.5) is 0 Å². The zero-order valence-electron chi connectivity index (χ0n) is 8.79. The fourth-order valence-electron chi connectivity index (χ4n) is 1.14. The van der Waals surface area contributed by atoms with E-state index >= 15 is 0 Å². The lowest BCUT2D eigenvalue weighted by Crippen LogP contribution is -2.35. The normalized spacial score (nSPS) is 12.3. The van der Waals surface area contributed by atoms with E-state index in [1.165, 1.54) is 0 Å². The Bertz CT molecular complexity index is 231. The highest BCUT2D eigenvalue weighted by Gasteiger charge is 2.07. The summed E-state index contributed by atoms with van der Waals surface area (Å²) in [5, 5.41) is -0.368. The predicted octanol–water partition coefficient (Wildman–Crippen LogP) is 0.834. The smallest absolute Gasteiger partial charge is 0.225 e. The molecule has 0 spiro atoms. The van der Waals surface area contributed by atoms with Crippen molar-refractivity contribution in [1.29, 1.82) is 0 Å². The van der Waals surface area contributed by atoms with Gasteiger partial charge in [-0.05, 0) is 19.5 Å². The minimum atomic E-state index is -3.25. The van der Waals surface area contributed by atoms with Crippen molar-refractivity contribution in [3.8, 4) is 0 Å². The molecule has 0 rings (SSSR count). The molecule has 0 heterocycles. The summed E-state index contributed by atoms with van der Waals surface area (Å²) in [6, 6.07) is 0. The van der Waals surface area contributed by atoms with Gasteiger partial charge >= 0.3 is 0 Å². The highest BCUT2D eigenvalue weighted by molar-refractivity contribution is 7.90. The number of alkyl halides is 1. The van der Waals surface area contributed by atoms with Gasteiger partial charge in [0.05, 0.1) is 0 Å². The molecule has 14 heavy (non-hydrogen) atoms. The van der Waals surface area contributed by atoms with Crippen LogP contribution < -0.4 is 4.72 Å². The van der Waals surface area contributed by atoms with E-state index in [0.29, 0.717) is 6.54 Å². The molecule has 1 N–H and O–H groups in total. The average molecular weight is 243 g/mol. The van der Waals surface area contributed by atoms with Crippen molar-refractivity contribution < 1.29 is 8.42 Å². The first kappa shape index (κ1) is 14.2. The molecule has 0 fully saturated rings. The summed E-state index contributed by atoms with van der Waals surface area (Å²) in [5.74, 6) is 0. The highest BCUT2D eigenvalue weighted by Crippen LogP contribution is 1.91. The van der Waals surface area contributed by atoms with Crippen molar-refractivity contribution in [3.63, 3.8) is 0 Å². The largest absolute Gasteiger partial charge is 0.302 e. The number of sulfonamides is 1. The van der Waals surface area contributed by atoms with E-state index in [0.717, 1.165) is 26.1 Å². The van der Waals surface area contributed by atoms with Crippen molar-refractivity contribution in [2.24, 2.45) is 0 Å². The second-order valence-corrected chi connectivity index (χ2v) is 5.44. The maximum absolute atomic E-state index is 11.0. The van der Waals surface area contributed by atoms with E-state index in [-0.39, 0.29) is 5.21 Å². The molecular formula is C8H19ClN2O2S. The van der Waals surface area contributed by atoms with Gasteiger partial charge < -0.3 is 4.90 Å². The van der Waals surface area contributed by atoms with E-state index < -0.39 is 10.0 Å². The highest BCUT2D eigenvalue weighted by atomic mass is 35.5. The monoisotopic (exact) mass is 242 g/mol. The third-order valence-electron chi connectivity index (χ3n) is 1.88. The third kappa shape index (κ3) is 6.59. The maximum atomic E-state index is 11.0. The molecule has 0 atom stereocenters. The van der Waals surface area contributed by atoms with Crippen LogP contribution in [0.5, 0.6) is 0 Å². The van der Waals surface area contributed by atoms with Crippen LogP contribution >= 0.6 is 11.6 Å². The summed E-state index contributed by atoms with van der Waals surface area (Å²) < 4.78 is 24.4. The maximum Gasteiger partial charge on any atom is 0.225 e. The summed E-state index contributed by atoms with van der Waals surface area (Å²) in [6.45, 7) is 7.27. The van der Waals surface area contributed by atoms with Crippen LogP contribution in [0.25, 0.3) is 0 Å². The summed E-state index contributed by atoms with van der Waals surface area (Å²) in [4.78, 5) is 2.19. The quantitative estimate of drug-likeness (QED) is 0.642. The Kier molecular flexibility index (Phi) is 7.54. The molecule has 0 saturated carbocycles. The number of nitrogens with one attached hydrogen (secondary N) is 1. The molecule has 0 radical (unpaired) electrons. The van der Waals surface area contributed by atoms with Crippen LogP contribution in [0.3, 0.4) is 0 Å². The van der Waals surface area contributed by atoms with Crippen molar-refractivity contribution in [3.05, 3.63) is 0 Å². The van der Waals surface area contributed by atoms with Gasteiger partial charge in [-0.15, -0.1) is 11.6 Å². The fourth-order valence-corrected chi connectivity index (χ4v) is 1.85. The van der Waals surface area contributed by atoms with Gasteiger partial charge in [0.1, 0.15) is 5.21 Å². The van der Waals surface area contributed by atoms with Crippen LogP contribution in [0.2, 0.25) is 0 Å². The molecular weight excluding hydrogens is 224 g/mol. The molecule has 0 bridgehead atoms. The summed E-state index contributed by atoms with van der Waals surface area (Å²) in [6.07, 6.45) is 1.08.